The highest BCUT2D eigenvalue weighted by atomic mass is 35.5. The molecule has 1 aliphatic heterocycles. The van der Waals surface area contributed by atoms with Crippen molar-refractivity contribution in [1.29, 1.82) is 0 Å². The molecule has 0 bridgehead atoms. The largest absolute Gasteiger partial charge is 0.394 e. The summed E-state index contributed by atoms with van der Waals surface area (Å²) in [5, 5.41) is 12.8. The maximum absolute atomic E-state index is 13.3. The number of halogens is 2. The predicted octanol–water partition coefficient (Wildman–Crippen LogP) is 1.49. The lowest BCUT2D eigenvalue weighted by Crippen LogP contribution is -2.46. The summed E-state index contributed by atoms with van der Waals surface area (Å²) >= 11 is 0. The Bertz CT molecular complexity index is 383. The predicted molar refractivity (Wildman–Crippen MR) is 72.7 cm³/mol. The van der Waals surface area contributed by atoms with Crippen LogP contribution in [0, 0.1) is 12.7 Å². The molecule has 2 N–H and O–H groups in total. The van der Waals surface area contributed by atoms with Crippen LogP contribution in [0.15, 0.2) is 18.2 Å². The van der Waals surface area contributed by atoms with Gasteiger partial charge in [-0.15, -0.1) is 12.4 Å². The third-order valence-electron chi connectivity index (χ3n) is 3.37. The second-order valence-electron chi connectivity index (χ2n) is 4.49. The summed E-state index contributed by atoms with van der Waals surface area (Å²) in [6.45, 7) is 5.61. The Balaban J connectivity index is 0.00000162. The molecule has 1 atom stereocenters. The molecule has 1 aromatic carbocycles. The Kier molecular flexibility index (Phi) is 6.02. The van der Waals surface area contributed by atoms with Gasteiger partial charge >= 0.3 is 0 Å². The standard InChI is InChI=1S/C13H19FN2O.ClH/c1-10-2-3-11(14)8-12(10)13(9-17)16-6-4-15-5-7-16;/h2-3,8,13,15,17H,4-7,9H2,1H3;1H/t13-;/m0./s1. The van der Waals surface area contributed by atoms with Crippen LogP contribution in [-0.4, -0.2) is 42.8 Å². The second kappa shape index (κ2) is 7.04. The van der Waals surface area contributed by atoms with E-state index in [1.165, 1.54) is 12.1 Å². The van der Waals surface area contributed by atoms with E-state index in [-0.39, 0.29) is 30.9 Å². The van der Waals surface area contributed by atoms with E-state index >= 15 is 0 Å². The number of hydrogen-bond donors (Lipinski definition) is 2. The molecule has 1 fully saturated rings. The quantitative estimate of drug-likeness (QED) is 0.877. The van der Waals surface area contributed by atoms with Crippen LogP contribution < -0.4 is 5.32 Å². The second-order valence-corrected chi connectivity index (χ2v) is 4.49. The molecule has 0 saturated carbocycles. The molecule has 1 aromatic rings. The minimum absolute atomic E-state index is 0. The summed E-state index contributed by atoms with van der Waals surface area (Å²) in [5.74, 6) is -0.237. The molecule has 2 rings (SSSR count). The van der Waals surface area contributed by atoms with Gasteiger partial charge in [-0.05, 0) is 30.2 Å². The average Bonchev–Trinajstić information content (AvgIpc) is 2.36. The number of aryl methyl sites for hydroxylation is 1. The number of rotatable bonds is 3. The van der Waals surface area contributed by atoms with Gasteiger partial charge < -0.3 is 10.4 Å². The van der Waals surface area contributed by atoms with Gasteiger partial charge in [0, 0.05) is 26.2 Å². The van der Waals surface area contributed by atoms with Crippen molar-refractivity contribution >= 4 is 12.4 Å². The highest BCUT2D eigenvalue weighted by molar-refractivity contribution is 5.85. The Morgan fingerprint density at radius 1 is 1.39 bits per heavy atom. The van der Waals surface area contributed by atoms with Gasteiger partial charge in [0.25, 0.3) is 0 Å². The van der Waals surface area contributed by atoms with Gasteiger partial charge in [-0.1, -0.05) is 6.07 Å². The third kappa shape index (κ3) is 3.42. The van der Waals surface area contributed by atoms with Gasteiger partial charge in [0.05, 0.1) is 12.6 Å². The summed E-state index contributed by atoms with van der Waals surface area (Å²) in [5.41, 5.74) is 1.93. The van der Waals surface area contributed by atoms with Gasteiger partial charge in [0.2, 0.25) is 0 Å². The number of nitrogens with one attached hydrogen (secondary N) is 1. The molecule has 0 aromatic heterocycles. The molecule has 0 aliphatic carbocycles. The van der Waals surface area contributed by atoms with E-state index in [1.807, 2.05) is 6.92 Å². The van der Waals surface area contributed by atoms with E-state index in [4.69, 9.17) is 0 Å². The van der Waals surface area contributed by atoms with Crippen LogP contribution in [0.3, 0.4) is 0 Å². The molecule has 5 heteroatoms. The van der Waals surface area contributed by atoms with E-state index in [0.717, 1.165) is 37.3 Å². The van der Waals surface area contributed by atoms with Gasteiger partial charge in [-0.2, -0.15) is 0 Å². The fourth-order valence-corrected chi connectivity index (χ4v) is 2.37. The van der Waals surface area contributed by atoms with Crippen LogP contribution in [0.4, 0.5) is 4.39 Å². The molecule has 0 unspecified atom stereocenters. The monoisotopic (exact) mass is 274 g/mol. The lowest BCUT2D eigenvalue weighted by molar-refractivity contribution is 0.110. The Morgan fingerprint density at radius 3 is 2.67 bits per heavy atom. The maximum atomic E-state index is 13.3. The maximum Gasteiger partial charge on any atom is 0.123 e. The van der Waals surface area contributed by atoms with Gasteiger partial charge in [0.1, 0.15) is 5.82 Å². The normalized spacial score (nSPS) is 18.2. The summed E-state index contributed by atoms with van der Waals surface area (Å²) in [4.78, 5) is 2.21. The van der Waals surface area contributed by atoms with Crippen molar-refractivity contribution in [3.05, 3.63) is 35.1 Å². The minimum atomic E-state index is -0.237. The van der Waals surface area contributed by atoms with Crippen molar-refractivity contribution < 1.29 is 9.50 Å². The molecule has 102 valence electrons. The summed E-state index contributed by atoms with van der Waals surface area (Å²) in [7, 11) is 0. The zero-order valence-electron chi connectivity index (χ0n) is 10.5. The summed E-state index contributed by atoms with van der Waals surface area (Å²) in [6, 6.07) is 4.69. The lowest BCUT2D eigenvalue weighted by Gasteiger charge is -2.34. The van der Waals surface area contributed by atoms with Crippen LogP contribution in [0.5, 0.6) is 0 Å². The van der Waals surface area contributed by atoms with E-state index in [1.54, 1.807) is 6.07 Å². The molecular formula is C13H20ClFN2O. The number of benzene rings is 1. The van der Waals surface area contributed by atoms with Crippen molar-refractivity contribution in [2.75, 3.05) is 32.8 Å². The Morgan fingerprint density at radius 2 is 2.06 bits per heavy atom. The molecular weight excluding hydrogens is 255 g/mol. The molecule has 18 heavy (non-hydrogen) atoms. The molecule has 1 aliphatic rings. The number of hydrogen-bond acceptors (Lipinski definition) is 3. The van der Waals surface area contributed by atoms with Gasteiger partial charge in [-0.3, -0.25) is 4.90 Å². The van der Waals surface area contributed by atoms with Crippen molar-refractivity contribution in [1.82, 2.24) is 10.2 Å². The first-order chi connectivity index (χ1) is 8.22. The lowest BCUT2D eigenvalue weighted by atomic mass is 9.99. The fourth-order valence-electron chi connectivity index (χ4n) is 2.37. The van der Waals surface area contributed by atoms with E-state index in [0.29, 0.717) is 0 Å². The van der Waals surface area contributed by atoms with Crippen LogP contribution >= 0.6 is 12.4 Å². The number of piperazine rings is 1. The van der Waals surface area contributed by atoms with Gasteiger partial charge in [-0.25, -0.2) is 4.39 Å². The molecule has 1 saturated heterocycles. The average molecular weight is 275 g/mol. The zero-order valence-corrected chi connectivity index (χ0v) is 11.3. The van der Waals surface area contributed by atoms with Crippen LogP contribution in [0.2, 0.25) is 0 Å². The van der Waals surface area contributed by atoms with Crippen LogP contribution in [-0.2, 0) is 0 Å². The van der Waals surface area contributed by atoms with Crippen LogP contribution in [0.25, 0.3) is 0 Å². The number of aliphatic hydroxyl groups is 1. The molecule has 1 heterocycles. The highest BCUT2D eigenvalue weighted by Gasteiger charge is 2.22. The smallest absolute Gasteiger partial charge is 0.123 e. The Hall–Kier alpha value is -0.680. The van der Waals surface area contributed by atoms with Crippen molar-refractivity contribution in [2.24, 2.45) is 0 Å². The fraction of sp³-hybridized carbons (Fsp3) is 0.538. The first-order valence-electron chi connectivity index (χ1n) is 6.04. The first kappa shape index (κ1) is 15.4. The number of nitrogens with zero attached hydrogens (tertiary/aromatic N) is 1. The molecule has 0 spiro atoms. The summed E-state index contributed by atoms with van der Waals surface area (Å²) in [6.07, 6.45) is 0. The minimum Gasteiger partial charge on any atom is -0.394 e. The molecule has 0 amide bonds. The summed E-state index contributed by atoms with van der Waals surface area (Å²) < 4.78 is 13.3. The molecule has 3 nitrogen and oxygen atoms in total. The number of aliphatic hydroxyl groups excluding tert-OH is 1. The Labute approximate surface area is 113 Å². The van der Waals surface area contributed by atoms with E-state index in [2.05, 4.69) is 10.2 Å². The van der Waals surface area contributed by atoms with Crippen molar-refractivity contribution in [3.63, 3.8) is 0 Å². The topological polar surface area (TPSA) is 35.5 Å². The molecule has 0 radical (unpaired) electrons. The zero-order chi connectivity index (χ0) is 12.3. The van der Waals surface area contributed by atoms with Crippen LogP contribution in [0.1, 0.15) is 17.2 Å². The third-order valence-corrected chi connectivity index (χ3v) is 3.37. The van der Waals surface area contributed by atoms with E-state index in [9.17, 15) is 9.50 Å². The first-order valence-corrected chi connectivity index (χ1v) is 6.04. The highest BCUT2D eigenvalue weighted by Crippen LogP contribution is 2.24. The van der Waals surface area contributed by atoms with Crippen molar-refractivity contribution in [3.8, 4) is 0 Å². The van der Waals surface area contributed by atoms with Gasteiger partial charge in [0.15, 0.2) is 0 Å². The van der Waals surface area contributed by atoms with E-state index < -0.39 is 0 Å². The van der Waals surface area contributed by atoms with Crippen molar-refractivity contribution in [2.45, 2.75) is 13.0 Å². The SMILES string of the molecule is Cc1ccc(F)cc1[C@H](CO)N1CCNCC1.Cl.